The standard InChI is InChI=1S/C24H22FNO6/c25-17-6-2-1-5-16(17)21-20(23(28)24(29)26(21)13-15-4-3-9-30-15)22(27)14-7-8-18-19(12-14)32-11-10-31-18/h1-2,5-8,12,15,21,27H,3-4,9-11,13H2/b22-20+. The van der Waals surface area contributed by atoms with Crippen LogP contribution in [0.5, 0.6) is 11.5 Å². The second-order valence-electron chi connectivity index (χ2n) is 7.97. The Morgan fingerprint density at radius 2 is 1.84 bits per heavy atom. The fourth-order valence-corrected chi connectivity index (χ4v) is 4.44. The summed E-state index contributed by atoms with van der Waals surface area (Å²) in [5, 5.41) is 11.1. The van der Waals surface area contributed by atoms with Crippen LogP contribution in [0.3, 0.4) is 0 Å². The third kappa shape index (κ3) is 3.50. The highest BCUT2D eigenvalue weighted by Crippen LogP contribution is 2.42. The van der Waals surface area contributed by atoms with Crippen molar-refractivity contribution in [2.45, 2.75) is 25.0 Å². The number of rotatable bonds is 4. The molecule has 0 aromatic heterocycles. The third-order valence-electron chi connectivity index (χ3n) is 5.98. The van der Waals surface area contributed by atoms with E-state index < -0.39 is 23.5 Å². The summed E-state index contributed by atoms with van der Waals surface area (Å²) in [6.07, 6.45) is 1.36. The monoisotopic (exact) mass is 439 g/mol. The van der Waals surface area contributed by atoms with E-state index in [2.05, 4.69) is 0 Å². The average Bonchev–Trinajstić information content (AvgIpc) is 3.41. The molecular weight excluding hydrogens is 417 g/mol. The molecule has 2 fully saturated rings. The number of ketones is 1. The number of likely N-dealkylation sites (tertiary alicyclic amines) is 1. The number of halogens is 1. The first kappa shape index (κ1) is 20.5. The maximum atomic E-state index is 14.8. The minimum absolute atomic E-state index is 0.140. The van der Waals surface area contributed by atoms with Gasteiger partial charge < -0.3 is 24.2 Å². The van der Waals surface area contributed by atoms with Gasteiger partial charge in [0.25, 0.3) is 11.7 Å². The lowest BCUT2D eigenvalue weighted by Crippen LogP contribution is -2.36. The second-order valence-corrected chi connectivity index (χ2v) is 7.97. The van der Waals surface area contributed by atoms with Crippen LogP contribution in [0.15, 0.2) is 48.0 Å². The second kappa shape index (κ2) is 8.27. The molecular formula is C24H22FNO6. The summed E-state index contributed by atoms with van der Waals surface area (Å²) in [7, 11) is 0. The Balaban J connectivity index is 1.62. The lowest BCUT2D eigenvalue weighted by atomic mass is 9.94. The number of carbonyl (C=O) groups excluding carboxylic acids is 2. The van der Waals surface area contributed by atoms with Crippen LogP contribution in [-0.2, 0) is 14.3 Å². The fourth-order valence-electron chi connectivity index (χ4n) is 4.44. The van der Waals surface area contributed by atoms with E-state index in [1.165, 1.54) is 23.1 Å². The van der Waals surface area contributed by atoms with Gasteiger partial charge in [-0.25, -0.2) is 4.39 Å². The van der Waals surface area contributed by atoms with Crippen molar-refractivity contribution in [1.82, 2.24) is 4.90 Å². The summed E-state index contributed by atoms with van der Waals surface area (Å²) in [6.45, 7) is 1.50. The molecule has 0 aliphatic carbocycles. The zero-order valence-electron chi connectivity index (χ0n) is 17.3. The van der Waals surface area contributed by atoms with Crippen LogP contribution in [0.2, 0.25) is 0 Å². The molecule has 3 aliphatic rings. The molecule has 2 unspecified atom stereocenters. The smallest absolute Gasteiger partial charge is 0.295 e. The van der Waals surface area contributed by atoms with Crippen LogP contribution in [0.1, 0.15) is 30.0 Å². The van der Waals surface area contributed by atoms with Gasteiger partial charge in [-0.05, 0) is 37.1 Å². The number of nitrogens with zero attached hydrogens (tertiary/aromatic N) is 1. The number of hydrogen-bond acceptors (Lipinski definition) is 6. The maximum absolute atomic E-state index is 14.8. The first-order chi connectivity index (χ1) is 15.5. The van der Waals surface area contributed by atoms with Crippen molar-refractivity contribution < 1.29 is 33.3 Å². The Morgan fingerprint density at radius 3 is 2.59 bits per heavy atom. The van der Waals surface area contributed by atoms with E-state index in [-0.39, 0.29) is 35.1 Å². The van der Waals surface area contributed by atoms with Gasteiger partial charge in [-0.15, -0.1) is 0 Å². The third-order valence-corrected chi connectivity index (χ3v) is 5.98. The number of benzene rings is 2. The number of aliphatic hydroxyl groups excluding tert-OH is 1. The molecule has 0 spiro atoms. The zero-order chi connectivity index (χ0) is 22.2. The number of fused-ring (bicyclic) bond motifs is 1. The highest BCUT2D eigenvalue weighted by molar-refractivity contribution is 6.46. The SMILES string of the molecule is O=C1C(=O)N(CC2CCCO2)C(c2ccccc2F)/C1=C(\O)c1ccc2c(c1)OCCO2. The molecule has 3 heterocycles. The Kier molecular flexibility index (Phi) is 5.30. The van der Waals surface area contributed by atoms with Gasteiger partial charge in [0, 0.05) is 24.3 Å². The molecule has 1 amide bonds. The molecule has 8 heteroatoms. The summed E-state index contributed by atoms with van der Waals surface area (Å²) in [4.78, 5) is 27.3. The van der Waals surface area contributed by atoms with Gasteiger partial charge in [0.05, 0.1) is 17.7 Å². The van der Waals surface area contributed by atoms with Crippen LogP contribution in [0, 0.1) is 5.82 Å². The molecule has 7 nitrogen and oxygen atoms in total. The van der Waals surface area contributed by atoms with E-state index in [9.17, 15) is 19.1 Å². The van der Waals surface area contributed by atoms with Crippen LogP contribution in [0.25, 0.3) is 5.76 Å². The number of amides is 1. The van der Waals surface area contributed by atoms with Crippen molar-refractivity contribution in [1.29, 1.82) is 0 Å². The lowest BCUT2D eigenvalue weighted by molar-refractivity contribution is -0.140. The number of aliphatic hydroxyl groups is 1. The molecule has 0 saturated carbocycles. The molecule has 0 radical (unpaired) electrons. The minimum Gasteiger partial charge on any atom is -0.507 e. The van der Waals surface area contributed by atoms with E-state index in [0.29, 0.717) is 31.3 Å². The van der Waals surface area contributed by atoms with Crippen molar-refractivity contribution in [3.05, 3.63) is 65.0 Å². The molecule has 2 aromatic rings. The Labute approximate surface area is 184 Å². The van der Waals surface area contributed by atoms with Crippen LogP contribution >= 0.6 is 0 Å². The van der Waals surface area contributed by atoms with Gasteiger partial charge in [0.2, 0.25) is 0 Å². The first-order valence-electron chi connectivity index (χ1n) is 10.6. The number of ether oxygens (including phenoxy) is 3. The van der Waals surface area contributed by atoms with Gasteiger partial charge in [0.15, 0.2) is 11.5 Å². The highest BCUT2D eigenvalue weighted by atomic mass is 19.1. The topological polar surface area (TPSA) is 85.3 Å². The van der Waals surface area contributed by atoms with Crippen molar-refractivity contribution in [3.63, 3.8) is 0 Å². The molecule has 166 valence electrons. The van der Waals surface area contributed by atoms with Crippen molar-refractivity contribution in [3.8, 4) is 11.5 Å². The number of Topliss-reactive ketones (excluding diaryl/α,β-unsaturated/α-hetero) is 1. The van der Waals surface area contributed by atoms with Crippen LogP contribution in [0.4, 0.5) is 4.39 Å². The van der Waals surface area contributed by atoms with Crippen molar-refractivity contribution >= 4 is 17.4 Å². The van der Waals surface area contributed by atoms with Gasteiger partial charge in [-0.1, -0.05) is 18.2 Å². The predicted molar refractivity (Wildman–Crippen MR) is 112 cm³/mol. The quantitative estimate of drug-likeness (QED) is 0.448. The Morgan fingerprint density at radius 1 is 1.06 bits per heavy atom. The number of hydrogen-bond donors (Lipinski definition) is 1. The summed E-state index contributed by atoms with van der Waals surface area (Å²) < 4.78 is 31.5. The fraction of sp³-hybridized carbons (Fsp3) is 0.333. The highest BCUT2D eigenvalue weighted by Gasteiger charge is 2.47. The van der Waals surface area contributed by atoms with Crippen LogP contribution < -0.4 is 9.47 Å². The van der Waals surface area contributed by atoms with Crippen molar-refractivity contribution in [2.24, 2.45) is 0 Å². The zero-order valence-corrected chi connectivity index (χ0v) is 17.3. The Hall–Kier alpha value is -3.39. The lowest BCUT2D eigenvalue weighted by Gasteiger charge is -2.27. The summed E-state index contributed by atoms with van der Waals surface area (Å²) in [5.41, 5.74) is 0.268. The van der Waals surface area contributed by atoms with Crippen molar-refractivity contribution in [2.75, 3.05) is 26.4 Å². The van der Waals surface area contributed by atoms with E-state index in [4.69, 9.17) is 14.2 Å². The molecule has 2 atom stereocenters. The van der Waals surface area contributed by atoms with Gasteiger partial charge in [0.1, 0.15) is 24.8 Å². The molecule has 5 rings (SSSR count). The normalized spacial score (nSPS) is 24.2. The Bertz CT molecular complexity index is 1110. The van der Waals surface area contributed by atoms with E-state index in [1.54, 1.807) is 24.3 Å². The summed E-state index contributed by atoms with van der Waals surface area (Å²) >= 11 is 0. The van der Waals surface area contributed by atoms with Gasteiger partial charge in [-0.3, -0.25) is 9.59 Å². The molecule has 1 N–H and O–H groups in total. The predicted octanol–water partition coefficient (Wildman–Crippen LogP) is 3.20. The largest absolute Gasteiger partial charge is 0.507 e. The summed E-state index contributed by atoms with van der Waals surface area (Å²) in [6, 6.07) is 9.65. The molecule has 0 bridgehead atoms. The van der Waals surface area contributed by atoms with E-state index in [0.717, 1.165) is 12.8 Å². The van der Waals surface area contributed by atoms with Gasteiger partial charge in [-0.2, -0.15) is 0 Å². The first-order valence-corrected chi connectivity index (χ1v) is 10.6. The summed E-state index contributed by atoms with van der Waals surface area (Å²) in [5.74, 6) is -1.64. The van der Waals surface area contributed by atoms with E-state index >= 15 is 0 Å². The van der Waals surface area contributed by atoms with Gasteiger partial charge >= 0.3 is 0 Å². The van der Waals surface area contributed by atoms with E-state index in [1.807, 2.05) is 0 Å². The maximum Gasteiger partial charge on any atom is 0.295 e. The molecule has 3 aliphatic heterocycles. The number of carbonyl (C=O) groups is 2. The van der Waals surface area contributed by atoms with Crippen LogP contribution in [-0.4, -0.2) is 54.2 Å². The molecule has 2 saturated heterocycles. The molecule has 32 heavy (non-hydrogen) atoms. The minimum atomic E-state index is -1.06. The average molecular weight is 439 g/mol. The molecule has 2 aromatic carbocycles.